The van der Waals surface area contributed by atoms with Crippen molar-refractivity contribution in [2.75, 3.05) is 14.2 Å². The molecule has 5 heteroatoms. The molecule has 21 heavy (non-hydrogen) atoms. The summed E-state index contributed by atoms with van der Waals surface area (Å²) in [6.07, 6.45) is 3.55. The van der Waals surface area contributed by atoms with Crippen molar-refractivity contribution in [1.82, 2.24) is 5.06 Å². The molecular weight excluding hydrogens is 273 g/mol. The summed E-state index contributed by atoms with van der Waals surface area (Å²) < 4.78 is 18.7. The zero-order valence-corrected chi connectivity index (χ0v) is 12.5. The van der Waals surface area contributed by atoms with Crippen molar-refractivity contribution in [3.05, 3.63) is 35.6 Å². The Bertz CT molecular complexity index is 455. The molecule has 1 aromatic rings. The molecule has 0 heterocycles. The highest BCUT2D eigenvalue weighted by molar-refractivity contribution is 5.77. The fourth-order valence-electron chi connectivity index (χ4n) is 2.62. The van der Waals surface area contributed by atoms with Gasteiger partial charge < -0.3 is 4.74 Å². The van der Waals surface area contributed by atoms with Gasteiger partial charge in [-0.05, 0) is 43.4 Å². The Morgan fingerprint density at radius 2 is 1.86 bits per heavy atom. The molecule has 0 spiro atoms. The van der Waals surface area contributed by atoms with Crippen molar-refractivity contribution in [3.8, 4) is 0 Å². The molecule has 0 radical (unpaired) electrons. The first kappa shape index (κ1) is 15.9. The average molecular weight is 295 g/mol. The third-order valence-electron chi connectivity index (χ3n) is 4.01. The summed E-state index contributed by atoms with van der Waals surface area (Å²) in [5.41, 5.74) is 0.966. The molecule has 0 aliphatic heterocycles. The van der Waals surface area contributed by atoms with Gasteiger partial charge in [0.15, 0.2) is 0 Å². The molecule has 1 aliphatic carbocycles. The quantitative estimate of drug-likeness (QED) is 0.784. The van der Waals surface area contributed by atoms with Crippen LogP contribution >= 0.6 is 0 Å². The zero-order valence-electron chi connectivity index (χ0n) is 12.5. The lowest BCUT2D eigenvalue weighted by Gasteiger charge is -2.29. The number of amides is 1. The summed E-state index contributed by atoms with van der Waals surface area (Å²) in [7, 11) is 3.13. The second-order valence-corrected chi connectivity index (χ2v) is 5.43. The Kier molecular flexibility index (Phi) is 5.70. The van der Waals surface area contributed by atoms with Crippen LogP contribution in [0.1, 0.15) is 31.2 Å². The lowest BCUT2D eigenvalue weighted by molar-refractivity contribution is -0.175. The van der Waals surface area contributed by atoms with E-state index in [1.807, 2.05) is 0 Å². The number of hydroxylamine groups is 2. The summed E-state index contributed by atoms with van der Waals surface area (Å²) in [5.74, 6) is -0.171. The van der Waals surface area contributed by atoms with Crippen LogP contribution in [0.25, 0.3) is 0 Å². The minimum Gasteiger partial charge on any atom is -0.374 e. The zero-order chi connectivity index (χ0) is 15.2. The van der Waals surface area contributed by atoms with Crippen LogP contribution < -0.4 is 0 Å². The Hall–Kier alpha value is -1.46. The van der Waals surface area contributed by atoms with E-state index < -0.39 is 0 Å². The third kappa shape index (κ3) is 4.51. The molecule has 2 rings (SSSR count). The number of halogens is 1. The summed E-state index contributed by atoms with van der Waals surface area (Å²) in [4.78, 5) is 16.9. The largest absolute Gasteiger partial charge is 0.374 e. The van der Waals surface area contributed by atoms with Crippen molar-refractivity contribution in [2.45, 2.75) is 38.4 Å². The molecule has 0 atom stereocenters. The normalized spacial score (nSPS) is 22.0. The van der Waals surface area contributed by atoms with E-state index in [4.69, 9.17) is 9.57 Å². The summed E-state index contributed by atoms with van der Waals surface area (Å²) in [6, 6.07) is 6.35. The van der Waals surface area contributed by atoms with E-state index in [-0.39, 0.29) is 23.7 Å². The molecule has 4 nitrogen and oxygen atoms in total. The predicted octanol–water partition coefficient (Wildman–Crippen LogP) is 2.92. The lowest BCUT2D eigenvalue weighted by Crippen LogP contribution is -2.35. The first-order chi connectivity index (χ1) is 10.1. The van der Waals surface area contributed by atoms with Gasteiger partial charge in [-0.2, -0.15) is 0 Å². The maximum atomic E-state index is 12.8. The number of hydrogen-bond donors (Lipinski definition) is 0. The molecule has 0 N–H and O–H groups in total. The lowest BCUT2D eigenvalue weighted by atomic mass is 9.86. The molecule has 1 aromatic carbocycles. The van der Waals surface area contributed by atoms with Crippen molar-refractivity contribution < 1.29 is 18.8 Å². The van der Waals surface area contributed by atoms with Crippen LogP contribution in [-0.4, -0.2) is 31.2 Å². The van der Waals surface area contributed by atoms with E-state index in [9.17, 15) is 9.18 Å². The Morgan fingerprint density at radius 1 is 1.24 bits per heavy atom. The molecular formula is C16H22FNO3. The van der Waals surface area contributed by atoms with Gasteiger partial charge in [0.2, 0.25) is 5.91 Å². The van der Waals surface area contributed by atoms with Crippen LogP contribution in [0, 0.1) is 11.7 Å². The molecule has 1 saturated carbocycles. The van der Waals surface area contributed by atoms with E-state index in [1.165, 1.54) is 24.3 Å². The van der Waals surface area contributed by atoms with Crippen LogP contribution in [0.5, 0.6) is 0 Å². The summed E-state index contributed by atoms with van der Waals surface area (Å²) >= 11 is 0. The molecule has 1 amide bonds. The van der Waals surface area contributed by atoms with Crippen LogP contribution in [0.2, 0.25) is 0 Å². The van der Waals surface area contributed by atoms with Gasteiger partial charge in [0.1, 0.15) is 5.82 Å². The molecule has 116 valence electrons. The van der Waals surface area contributed by atoms with Gasteiger partial charge in [-0.1, -0.05) is 12.1 Å². The highest BCUT2D eigenvalue weighted by Gasteiger charge is 2.28. The van der Waals surface area contributed by atoms with Gasteiger partial charge in [0, 0.05) is 13.0 Å². The minimum atomic E-state index is -0.236. The predicted molar refractivity (Wildman–Crippen MR) is 76.7 cm³/mol. The van der Waals surface area contributed by atoms with E-state index >= 15 is 0 Å². The van der Waals surface area contributed by atoms with E-state index in [0.717, 1.165) is 31.2 Å². The maximum absolute atomic E-state index is 12.8. The first-order valence-corrected chi connectivity index (χ1v) is 7.28. The summed E-state index contributed by atoms with van der Waals surface area (Å²) in [6.45, 7) is 0.488. The van der Waals surface area contributed by atoms with Crippen LogP contribution in [0.15, 0.2) is 24.3 Å². The van der Waals surface area contributed by atoms with Crippen molar-refractivity contribution in [3.63, 3.8) is 0 Å². The first-order valence-electron chi connectivity index (χ1n) is 7.28. The second kappa shape index (κ2) is 7.52. The van der Waals surface area contributed by atoms with E-state index in [2.05, 4.69) is 0 Å². The molecule has 1 fully saturated rings. The van der Waals surface area contributed by atoms with Gasteiger partial charge in [-0.3, -0.25) is 9.63 Å². The minimum absolute atomic E-state index is 0.0284. The van der Waals surface area contributed by atoms with Crippen LogP contribution in [0.4, 0.5) is 4.39 Å². The molecule has 0 aromatic heterocycles. The number of hydrogen-bond acceptors (Lipinski definition) is 3. The topological polar surface area (TPSA) is 38.8 Å². The number of ether oxygens (including phenoxy) is 1. The molecule has 0 saturated heterocycles. The van der Waals surface area contributed by atoms with Gasteiger partial charge >= 0.3 is 0 Å². The van der Waals surface area contributed by atoms with Crippen molar-refractivity contribution >= 4 is 5.91 Å². The smallest absolute Gasteiger partial charge is 0.248 e. The van der Waals surface area contributed by atoms with E-state index in [1.54, 1.807) is 19.2 Å². The Labute approximate surface area is 124 Å². The fourth-order valence-corrected chi connectivity index (χ4v) is 2.62. The van der Waals surface area contributed by atoms with Crippen LogP contribution in [-0.2, 0) is 21.0 Å². The molecule has 1 aliphatic rings. The molecule has 0 bridgehead atoms. The monoisotopic (exact) mass is 295 g/mol. The number of carbonyl (C=O) groups is 1. The van der Waals surface area contributed by atoms with Crippen molar-refractivity contribution in [2.24, 2.45) is 5.92 Å². The number of rotatable bonds is 5. The van der Waals surface area contributed by atoms with Crippen molar-refractivity contribution in [1.29, 1.82) is 0 Å². The highest BCUT2D eigenvalue weighted by Crippen LogP contribution is 2.28. The van der Waals surface area contributed by atoms with E-state index in [0.29, 0.717) is 6.61 Å². The Balaban J connectivity index is 1.74. The summed E-state index contributed by atoms with van der Waals surface area (Å²) in [5, 5.41) is 1.30. The second-order valence-electron chi connectivity index (χ2n) is 5.43. The Morgan fingerprint density at radius 3 is 2.43 bits per heavy atom. The fraction of sp³-hybridized carbons (Fsp3) is 0.562. The highest BCUT2D eigenvalue weighted by atomic mass is 19.1. The standard InChI is InChI=1S/C16H22FNO3/c1-18(20-2)16(19)13-5-9-15(10-6-13)21-11-12-3-7-14(17)8-4-12/h3-4,7-8,13,15H,5-6,9-11H2,1-2H3. The molecule has 0 unspecified atom stereocenters. The third-order valence-corrected chi connectivity index (χ3v) is 4.01. The number of carbonyl (C=O) groups excluding carboxylic acids is 1. The van der Waals surface area contributed by atoms with Gasteiger partial charge in [-0.25, -0.2) is 9.45 Å². The average Bonchev–Trinajstić information content (AvgIpc) is 2.53. The van der Waals surface area contributed by atoms with Gasteiger partial charge in [0.05, 0.1) is 19.8 Å². The number of benzene rings is 1. The SMILES string of the molecule is CON(C)C(=O)C1CCC(OCc2ccc(F)cc2)CC1. The van der Waals surface area contributed by atoms with Crippen LogP contribution in [0.3, 0.4) is 0 Å². The maximum Gasteiger partial charge on any atom is 0.248 e. The van der Waals surface area contributed by atoms with Gasteiger partial charge in [-0.15, -0.1) is 0 Å². The number of nitrogens with zero attached hydrogens (tertiary/aromatic N) is 1. The van der Waals surface area contributed by atoms with Gasteiger partial charge in [0.25, 0.3) is 0 Å².